The lowest BCUT2D eigenvalue weighted by Gasteiger charge is -2.24. The van der Waals surface area contributed by atoms with Crippen molar-refractivity contribution in [3.05, 3.63) is 35.9 Å². The molecule has 2 atom stereocenters. The van der Waals surface area contributed by atoms with Crippen LogP contribution in [0.2, 0.25) is 0 Å². The SMILES string of the molecule is COC(C(=O)OC1C(=O)OCC1(C)C)c1ccccc1. The molecule has 108 valence electrons. The van der Waals surface area contributed by atoms with E-state index in [2.05, 4.69) is 0 Å². The van der Waals surface area contributed by atoms with E-state index in [1.54, 1.807) is 12.1 Å². The van der Waals surface area contributed by atoms with Crippen molar-refractivity contribution in [2.24, 2.45) is 5.41 Å². The minimum absolute atomic E-state index is 0.243. The Morgan fingerprint density at radius 1 is 1.35 bits per heavy atom. The van der Waals surface area contributed by atoms with Crippen LogP contribution in [0.25, 0.3) is 0 Å². The first-order chi connectivity index (χ1) is 9.45. The van der Waals surface area contributed by atoms with E-state index in [1.807, 2.05) is 32.0 Å². The maximum absolute atomic E-state index is 12.2. The zero-order chi connectivity index (χ0) is 14.8. The third-order valence-corrected chi connectivity index (χ3v) is 3.30. The van der Waals surface area contributed by atoms with Crippen molar-refractivity contribution in [2.75, 3.05) is 13.7 Å². The van der Waals surface area contributed by atoms with Gasteiger partial charge in [0.1, 0.15) is 6.61 Å². The highest BCUT2D eigenvalue weighted by Crippen LogP contribution is 2.32. The second kappa shape index (κ2) is 5.63. The Morgan fingerprint density at radius 2 is 2.00 bits per heavy atom. The van der Waals surface area contributed by atoms with Crippen LogP contribution in [0.5, 0.6) is 0 Å². The summed E-state index contributed by atoms with van der Waals surface area (Å²) >= 11 is 0. The van der Waals surface area contributed by atoms with Crippen LogP contribution in [0, 0.1) is 5.41 Å². The molecule has 1 aliphatic rings. The van der Waals surface area contributed by atoms with E-state index >= 15 is 0 Å². The zero-order valence-electron chi connectivity index (χ0n) is 11.8. The van der Waals surface area contributed by atoms with E-state index in [-0.39, 0.29) is 6.61 Å². The number of benzene rings is 1. The lowest BCUT2D eigenvalue weighted by molar-refractivity contribution is -0.171. The van der Waals surface area contributed by atoms with Crippen LogP contribution in [0.15, 0.2) is 30.3 Å². The Bertz CT molecular complexity index is 494. The van der Waals surface area contributed by atoms with Gasteiger partial charge in [0.05, 0.1) is 0 Å². The fourth-order valence-electron chi connectivity index (χ4n) is 2.11. The normalized spacial score (nSPS) is 22.1. The van der Waals surface area contributed by atoms with Gasteiger partial charge in [0, 0.05) is 12.5 Å². The third-order valence-electron chi connectivity index (χ3n) is 3.30. The Labute approximate surface area is 117 Å². The molecule has 1 aromatic rings. The number of ether oxygens (including phenoxy) is 3. The maximum Gasteiger partial charge on any atom is 0.348 e. The summed E-state index contributed by atoms with van der Waals surface area (Å²) in [6.07, 6.45) is -1.74. The van der Waals surface area contributed by atoms with Crippen molar-refractivity contribution >= 4 is 11.9 Å². The molecule has 0 N–H and O–H groups in total. The van der Waals surface area contributed by atoms with E-state index in [4.69, 9.17) is 14.2 Å². The van der Waals surface area contributed by atoms with Crippen LogP contribution >= 0.6 is 0 Å². The van der Waals surface area contributed by atoms with E-state index in [0.29, 0.717) is 5.56 Å². The molecule has 0 amide bonds. The molecule has 1 aromatic carbocycles. The number of esters is 2. The summed E-state index contributed by atoms with van der Waals surface area (Å²) < 4.78 is 15.4. The summed E-state index contributed by atoms with van der Waals surface area (Å²) in [6.45, 7) is 3.88. The molecule has 5 nitrogen and oxygen atoms in total. The first kappa shape index (κ1) is 14.5. The largest absolute Gasteiger partial charge is 0.462 e. The van der Waals surface area contributed by atoms with Gasteiger partial charge in [-0.3, -0.25) is 0 Å². The zero-order valence-corrected chi connectivity index (χ0v) is 11.8. The van der Waals surface area contributed by atoms with Gasteiger partial charge in [0.15, 0.2) is 6.10 Å². The van der Waals surface area contributed by atoms with Crippen molar-refractivity contribution in [2.45, 2.75) is 26.1 Å². The molecule has 1 aliphatic heterocycles. The lowest BCUT2D eigenvalue weighted by atomic mass is 9.90. The van der Waals surface area contributed by atoms with E-state index < -0.39 is 29.6 Å². The van der Waals surface area contributed by atoms with Crippen molar-refractivity contribution in [1.82, 2.24) is 0 Å². The fourth-order valence-corrected chi connectivity index (χ4v) is 2.11. The van der Waals surface area contributed by atoms with Gasteiger partial charge in [-0.25, -0.2) is 9.59 Å². The average molecular weight is 278 g/mol. The van der Waals surface area contributed by atoms with Crippen LogP contribution in [0.4, 0.5) is 0 Å². The van der Waals surface area contributed by atoms with Gasteiger partial charge in [0.2, 0.25) is 6.10 Å². The van der Waals surface area contributed by atoms with Crippen LogP contribution < -0.4 is 0 Å². The number of hydrogen-bond acceptors (Lipinski definition) is 5. The summed E-state index contributed by atoms with van der Waals surface area (Å²) in [4.78, 5) is 23.8. The van der Waals surface area contributed by atoms with Gasteiger partial charge in [-0.2, -0.15) is 0 Å². The molecule has 0 saturated carbocycles. The van der Waals surface area contributed by atoms with Crippen LogP contribution in [0.3, 0.4) is 0 Å². The molecule has 2 rings (SSSR count). The minimum Gasteiger partial charge on any atom is -0.462 e. The molecule has 0 aliphatic carbocycles. The fraction of sp³-hybridized carbons (Fsp3) is 0.467. The highest BCUT2D eigenvalue weighted by molar-refractivity contribution is 5.84. The molecule has 5 heteroatoms. The summed E-state index contributed by atoms with van der Waals surface area (Å²) in [6, 6.07) is 9.00. The highest BCUT2D eigenvalue weighted by Gasteiger charge is 2.47. The molecule has 2 unspecified atom stereocenters. The van der Waals surface area contributed by atoms with Crippen LogP contribution in [-0.2, 0) is 23.8 Å². The number of methoxy groups -OCH3 is 1. The Balaban J connectivity index is 2.13. The molecule has 1 saturated heterocycles. The minimum atomic E-state index is -0.892. The smallest absolute Gasteiger partial charge is 0.348 e. The summed E-state index contributed by atoms with van der Waals surface area (Å²) in [5, 5.41) is 0. The highest BCUT2D eigenvalue weighted by atomic mass is 16.6. The van der Waals surface area contributed by atoms with E-state index in [0.717, 1.165) is 0 Å². The molecule has 0 aromatic heterocycles. The second-order valence-electron chi connectivity index (χ2n) is 5.44. The summed E-state index contributed by atoms with van der Waals surface area (Å²) in [5.41, 5.74) is 0.158. The molecular formula is C15H18O5. The monoisotopic (exact) mass is 278 g/mol. The number of carbonyl (C=O) groups is 2. The van der Waals surface area contributed by atoms with Crippen LogP contribution in [0.1, 0.15) is 25.5 Å². The topological polar surface area (TPSA) is 61.8 Å². The standard InChI is InChI=1S/C15H18O5/c1-15(2)9-19-14(17)12(15)20-13(16)11(18-3)10-7-5-4-6-8-10/h4-8,11-12H,9H2,1-3H3. The van der Waals surface area contributed by atoms with Gasteiger partial charge in [-0.05, 0) is 5.56 Å². The molecule has 1 heterocycles. The maximum atomic E-state index is 12.2. The number of rotatable bonds is 4. The van der Waals surface area contributed by atoms with E-state index in [9.17, 15) is 9.59 Å². The number of hydrogen-bond donors (Lipinski definition) is 0. The van der Waals surface area contributed by atoms with Gasteiger partial charge >= 0.3 is 11.9 Å². The Kier molecular flexibility index (Phi) is 4.09. The van der Waals surface area contributed by atoms with Gasteiger partial charge in [-0.15, -0.1) is 0 Å². The average Bonchev–Trinajstić information content (AvgIpc) is 2.68. The molecular weight excluding hydrogens is 260 g/mol. The predicted octanol–water partition coefficient (Wildman–Crippen LogP) is 1.87. The predicted molar refractivity (Wildman–Crippen MR) is 70.8 cm³/mol. The Morgan fingerprint density at radius 3 is 2.50 bits per heavy atom. The second-order valence-corrected chi connectivity index (χ2v) is 5.44. The Hall–Kier alpha value is -1.88. The lowest BCUT2D eigenvalue weighted by Crippen LogP contribution is -2.36. The molecule has 0 radical (unpaired) electrons. The molecule has 0 spiro atoms. The quantitative estimate of drug-likeness (QED) is 0.787. The van der Waals surface area contributed by atoms with Crippen molar-refractivity contribution in [1.29, 1.82) is 0 Å². The van der Waals surface area contributed by atoms with Gasteiger partial charge in [0.25, 0.3) is 0 Å². The van der Waals surface area contributed by atoms with Gasteiger partial charge < -0.3 is 14.2 Å². The van der Waals surface area contributed by atoms with Crippen molar-refractivity contribution in [3.8, 4) is 0 Å². The van der Waals surface area contributed by atoms with Crippen molar-refractivity contribution < 1.29 is 23.8 Å². The van der Waals surface area contributed by atoms with Gasteiger partial charge in [-0.1, -0.05) is 44.2 Å². The summed E-state index contributed by atoms with van der Waals surface area (Å²) in [7, 11) is 1.43. The van der Waals surface area contributed by atoms with Crippen LogP contribution in [-0.4, -0.2) is 31.8 Å². The molecule has 0 bridgehead atoms. The first-order valence-electron chi connectivity index (χ1n) is 6.40. The number of carbonyl (C=O) groups excluding carboxylic acids is 2. The van der Waals surface area contributed by atoms with E-state index in [1.165, 1.54) is 7.11 Å². The third kappa shape index (κ3) is 2.82. The molecule has 20 heavy (non-hydrogen) atoms. The summed E-state index contributed by atoms with van der Waals surface area (Å²) in [5.74, 6) is -1.10. The number of cyclic esters (lactones) is 1. The first-order valence-corrected chi connectivity index (χ1v) is 6.40. The van der Waals surface area contributed by atoms with Crippen molar-refractivity contribution in [3.63, 3.8) is 0 Å². The molecule has 1 fully saturated rings.